The summed E-state index contributed by atoms with van der Waals surface area (Å²) in [6, 6.07) is 9.44. The zero-order valence-electron chi connectivity index (χ0n) is 10.7. The minimum absolute atomic E-state index is 0.198. The maximum Gasteiger partial charge on any atom is 0.134 e. The van der Waals surface area contributed by atoms with Crippen LogP contribution in [0.1, 0.15) is 17.4 Å². The topological polar surface area (TPSA) is 51.2 Å². The molecule has 6 heteroatoms. The molecule has 0 fully saturated rings. The molecule has 3 rings (SSSR count). The summed E-state index contributed by atoms with van der Waals surface area (Å²) >= 11 is 5.92. The van der Waals surface area contributed by atoms with E-state index in [2.05, 4.69) is 5.43 Å². The number of halogens is 3. The van der Waals surface area contributed by atoms with Crippen LogP contribution in [0.3, 0.4) is 0 Å². The summed E-state index contributed by atoms with van der Waals surface area (Å²) in [7, 11) is 0. The molecule has 1 heterocycles. The van der Waals surface area contributed by atoms with Crippen LogP contribution >= 0.6 is 11.6 Å². The summed E-state index contributed by atoms with van der Waals surface area (Å²) in [5.41, 5.74) is 3.29. The van der Waals surface area contributed by atoms with Crippen molar-refractivity contribution in [3.05, 3.63) is 70.4 Å². The summed E-state index contributed by atoms with van der Waals surface area (Å²) in [6.07, 6.45) is 0. The van der Waals surface area contributed by atoms with Crippen molar-refractivity contribution < 1.29 is 13.2 Å². The van der Waals surface area contributed by atoms with Crippen LogP contribution in [0, 0.1) is 11.6 Å². The van der Waals surface area contributed by atoms with Crippen LogP contribution in [0.5, 0.6) is 0 Å². The van der Waals surface area contributed by atoms with Crippen molar-refractivity contribution in [2.24, 2.45) is 5.84 Å². The summed E-state index contributed by atoms with van der Waals surface area (Å²) < 4.78 is 32.5. The number of fused-ring (bicyclic) bond motifs is 1. The maximum absolute atomic E-state index is 13.9. The fraction of sp³-hybridized carbons (Fsp3) is 0.0667. The van der Waals surface area contributed by atoms with E-state index in [4.69, 9.17) is 21.9 Å². The third-order valence-corrected chi connectivity index (χ3v) is 3.46. The lowest BCUT2D eigenvalue weighted by Crippen LogP contribution is -2.29. The SMILES string of the molecule is NNC(c1cc2cc(Cl)ccc2o1)c1ccc(F)cc1F. The molecular weight excluding hydrogens is 298 g/mol. The van der Waals surface area contributed by atoms with Crippen molar-refractivity contribution in [2.45, 2.75) is 6.04 Å². The lowest BCUT2D eigenvalue weighted by Gasteiger charge is -2.14. The molecule has 0 radical (unpaired) electrons. The highest BCUT2D eigenvalue weighted by Gasteiger charge is 2.21. The Balaban J connectivity index is 2.09. The molecule has 0 saturated carbocycles. The number of rotatable bonds is 3. The highest BCUT2D eigenvalue weighted by Crippen LogP contribution is 2.30. The highest BCUT2D eigenvalue weighted by molar-refractivity contribution is 6.31. The molecular formula is C15H11ClF2N2O. The Bertz CT molecular complexity index is 803. The Morgan fingerprint density at radius 1 is 1.10 bits per heavy atom. The zero-order valence-corrected chi connectivity index (χ0v) is 11.5. The van der Waals surface area contributed by atoms with E-state index in [-0.39, 0.29) is 5.56 Å². The molecule has 1 atom stereocenters. The Morgan fingerprint density at radius 3 is 2.62 bits per heavy atom. The molecule has 0 aliphatic rings. The Hall–Kier alpha value is -1.95. The molecule has 21 heavy (non-hydrogen) atoms. The Labute approximate surface area is 124 Å². The van der Waals surface area contributed by atoms with Gasteiger partial charge in [-0.2, -0.15) is 0 Å². The van der Waals surface area contributed by atoms with Crippen LogP contribution in [0.4, 0.5) is 8.78 Å². The predicted octanol–water partition coefficient (Wildman–Crippen LogP) is 3.92. The average Bonchev–Trinajstić information content (AvgIpc) is 2.84. The molecule has 0 aliphatic heterocycles. The van der Waals surface area contributed by atoms with Gasteiger partial charge in [-0.25, -0.2) is 14.2 Å². The van der Waals surface area contributed by atoms with Gasteiger partial charge in [0.2, 0.25) is 0 Å². The molecule has 2 aromatic carbocycles. The first-order valence-electron chi connectivity index (χ1n) is 6.18. The van der Waals surface area contributed by atoms with Crippen molar-refractivity contribution in [3.8, 4) is 0 Å². The van der Waals surface area contributed by atoms with Gasteiger partial charge in [0.1, 0.15) is 29.0 Å². The number of nitrogens with two attached hydrogens (primary N) is 1. The van der Waals surface area contributed by atoms with Gasteiger partial charge in [-0.15, -0.1) is 0 Å². The summed E-state index contributed by atoms with van der Waals surface area (Å²) in [6.45, 7) is 0. The Kier molecular flexibility index (Phi) is 3.63. The second kappa shape index (κ2) is 5.44. The second-order valence-corrected chi connectivity index (χ2v) is 5.03. The van der Waals surface area contributed by atoms with Gasteiger partial charge in [-0.3, -0.25) is 5.84 Å². The molecule has 108 valence electrons. The fourth-order valence-electron chi connectivity index (χ4n) is 2.24. The van der Waals surface area contributed by atoms with E-state index >= 15 is 0 Å². The van der Waals surface area contributed by atoms with E-state index in [1.165, 1.54) is 12.1 Å². The highest BCUT2D eigenvalue weighted by atomic mass is 35.5. The number of furan rings is 1. The molecule has 0 aliphatic carbocycles. The molecule has 0 bridgehead atoms. The van der Waals surface area contributed by atoms with Crippen molar-refractivity contribution in [2.75, 3.05) is 0 Å². The minimum atomic E-state index is -0.725. The van der Waals surface area contributed by atoms with Crippen molar-refractivity contribution in [1.29, 1.82) is 0 Å². The first-order chi connectivity index (χ1) is 10.1. The van der Waals surface area contributed by atoms with Crippen LogP contribution in [0.15, 0.2) is 46.9 Å². The average molecular weight is 309 g/mol. The van der Waals surface area contributed by atoms with Gasteiger partial charge >= 0.3 is 0 Å². The molecule has 0 spiro atoms. The number of hydrogen-bond donors (Lipinski definition) is 2. The molecule has 3 aromatic rings. The summed E-state index contributed by atoms with van der Waals surface area (Å²) in [5, 5.41) is 1.35. The minimum Gasteiger partial charge on any atom is -0.459 e. The first kappa shape index (κ1) is 14.0. The smallest absolute Gasteiger partial charge is 0.134 e. The van der Waals surface area contributed by atoms with E-state index < -0.39 is 17.7 Å². The van der Waals surface area contributed by atoms with Gasteiger partial charge in [0.15, 0.2) is 0 Å². The van der Waals surface area contributed by atoms with E-state index in [0.717, 1.165) is 11.5 Å². The Morgan fingerprint density at radius 2 is 1.90 bits per heavy atom. The summed E-state index contributed by atoms with van der Waals surface area (Å²) in [5.74, 6) is 4.57. The van der Waals surface area contributed by atoms with E-state index in [0.29, 0.717) is 16.4 Å². The molecule has 0 saturated heterocycles. The third-order valence-electron chi connectivity index (χ3n) is 3.22. The van der Waals surface area contributed by atoms with Crippen LogP contribution in [0.2, 0.25) is 5.02 Å². The number of hydrazine groups is 1. The van der Waals surface area contributed by atoms with Crippen LogP contribution in [-0.2, 0) is 0 Å². The van der Waals surface area contributed by atoms with Gasteiger partial charge < -0.3 is 4.42 Å². The molecule has 3 N–H and O–H groups in total. The number of nitrogens with one attached hydrogen (secondary N) is 1. The van der Waals surface area contributed by atoms with Gasteiger partial charge in [-0.05, 0) is 30.3 Å². The second-order valence-electron chi connectivity index (χ2n) is 4.60. The van der Waals surface area contributed by atoms with Crippen LogP contribution in [0.25, 0.3) is 11.0 Å². The zero-order chi connectivity index (χ0) is 15.0. The molecule has 0 amide bonds. The fourth-order valence-corrected chi connectivity index (χ4v) is 2.42. The molecule has 3 nitrogen and oxygen atoms in total. The quantitative estimate of drug-likeness (QED) is 0.569. The third kappa shape index (κ3) is 2.63. The van der Waals surface area contributed by atoms with Gasteiger partial charge in [0.25, 0.3) is 0 Å². The number of hydrogen-bond acceptors (Lipinski definition) is 3. The largest absolute Gasteiger partial charge is 0.459 e. The monoisotopic (exact) mass is 308 g/mol. The summed E-state index contributed by atoms with van der Waals surface area (Å²) in [4.78, 5) is 0. The van der Waals surface area contributed by atoms with Gasteiger partial charge in [-0.1, -0.05) is 17.7 Å². The number of benzene rings is 2. The van der Waals surface area contributed by atoms with Gasteiger partial charge in [0.05, 0.1) is 0 Å². The predicted molar refractivity (Wildman–Crippen MR) is 76.7 cm³/mol. The van der Waals surface area contributed by atoms with Crippen LogP contribution in [-0.4, -0.2) is 0 Å². The van der Waals surface area contributed by atoms with E-state index in [1.54, 1.807) is 24.3 Å². The van der Waals surface area contributed by atoms with Crippen LogP contribution < -0.4 is 11.3 Å². The van der Waals surface area contributed by atoms with Crippen molar-refractivity contribution >= 4 is 22.6 Å². The lowest BCUT2D eigenvalue weighted by molar-refractivity contribution is 0.460. The molecule has 1 aromatic heterocycles. The van der Waals surface area contributed by atoms with Crippen molar-refractivity contribution in [1.82, 2.24) is 5.43 Å². The standard InChI is InChI=1S/C15H11ClF2N2O/c16-9-1-4-13-8(5-9)6-14(21-13)15(20-19)11-3-2-10(17)7-12(11)18/h1-7,15,20H,19H2. The lowest BCUT2D eigenvalue weighted by atomic mass is 10.0. The first-order valence-corrected chi connectivity index (χ1v) is 6.56. The molecule has 1 unspecified atom stereocenters. The normalized spacial score (nSPS) is 12.8. The van der Waals surface area contributed by atoms with E-state index in [1.807, 2.05) is 0 Å². The van der Waals surface area contributed by atoms with Gasteiger partial charge in [0, 0.05) is 22.0 Å². The van der Waals surface area contributed by atoms with E-state index in [9.17, 15) is 8.78 Å². The van der Waals surface area contributed by atoms with Crippen molar-refractivity contribution in [3.63, 3.8) is 0 Å². The maximum atomic E-state index is 13.9.